The molecule has 0 spiro atoms. The van der Waals surface area contributed by atoms with Crippen LogP contribution in [0.1, 0.15) is 32.5 Å². The predicted octanol–water partition coefficient (Wildman–Crippen LogP) is 0.792. The molecule has 1 rings (SSSR count). The number of nitrogens with one attached hydrogen (secondary N) is 1. The molecule has 0 aromatic carbocycles. The Morgan fingerprint density at radius 2 is 2.14 bits per heavy atom. The first-order chi connectivity index (χ1) is 6.74. The van der Waals surface area contributed by atoms with E-state index in [-0.39, 0.29) is 5.92 Å². The van der Waals surface area contributed by atoms with Crippen LogP contribution in [-0.2, 0) is 6.54 Å². The summed E-state index contributed by atoms with van der Waals surface area (Å²) in [7, 11) is 0. The summed E-state index contributed by atoms with van der Waals surface area (Å²) in [5.74, 6) is 2.06. The third kappa shape index (κ3) is 2.04. The number of hydrogen-bond acceptors (Lipinski definition) is 4. The van der Waals surface area contributed by atoms with Gasteiger partial charge in [0.25, 0.3) is 0 Å². The molecule has 80 valence electrons. The smallest absolute Gasteiger partial charge is 0.224 e. The van der Waals surface area contributed by atoms with E-state index in [1.54, 1.807) is 0 Å². The Hall–Kier alpha value is -1.10. The largest absolute Gasteiger partial charge is 0.355 e. The van der Waals surface area contributed by atoms with Crippen LogP contribution in [0.2, 0.25) is 0 Å². The van der Waals surface area contributed by atoms with Crippen molar-refractivity contribution < 1.29 is 0 Å². The van der Waals surface area contributed by atoms with Crippen LogP contribution in [0.3, 0.4) is 0 Å². The summed E-state index contributed by atoms with van der Waals surface area (Å²) in [5.41, 5.74) is 5.61. The van der Waals surface area contributed by atoms with E-state index >= 15 is 0 Å². The number of anilines is 1. The van der Waals surface area contributed by atoms with Gasteiger partial charge in [-0.05, 0) is 13.8 Å². The Kier molecular flexibility index (Phi) is 3.88. The average molecular weight is 197 g/mol. The Labute approximate surface area is 84.7 Å². The van der Waals surface area contributed by atoms with Crippen LogP contribution in [0.4, 0.5) is 5.95 Å². The van der Waals surface area contributed by atoms with Gasteiger partial charge in [0.1, 0.15) is 5.82 Å². The normalized spacial score (nSPS) is 12.9. The molecule has 0 fully saturated rings. The van der Waals surface area contributed by atoms with Gasteiger partial charge in [-0.15, -0.1) is 10.2 Å². The fourth-order valence-electron chi connectivity index (χ4n) is 1.39. The summed E-state index contributed by atoms with van der Waals surface area (Å²) in [4.78, 5) is 0. The zero-order valence-electron chi connectivity index (χ0n) is 9.12. The van der Waals surface area contributed by atoms with E-state index in [9.17, 15) is 0 Å². The topological polar surface area (TPSA) is 68.8 Å². The fourth-order valence-corrected chi connectivity index (χ4v) is 1.39. The summed E-state index contributed by atoms with van der Waals surface area (Å²) in [6, 6.07) is 0. The average Bonchev–Trinajstić information content (AvgIpc) is 2.60. The van der Waals surface area contributed by atoms with E-state index in [0.717, 1.165) is 24.9 Å². The van der Waals surface area contributed by atoms with E-state index in [1.807, 2.05) is 6.92 Å². The van der Waals surface area contributed by atoms with Crippen molar-refractivity contribution in [3.63, 3.8) is 0 Å². The Morgan fingerprint density at radius 3 is 2.64 bits per heavy atom. The summed E-state index contributed by atoms with van der Waals surface area (Å²) >= 11 is 0. The van der Waals surface area contributed by atoms with Crippen LogP contribution < -0.4 is 11.1 Å². The first-order valence-electron chi connectivity index (χ1n) is 5.11. The minimum absolute atomic E-state index is 0.259. The van der Waals surface area contributed by atoms with Crippen LogP contribution in [-0.4, -0.2) is 27.9 Å². The molecule has 0 bridgehead atoms. The number of nitrogens with two attached hydrogens (primary N) is 1. The maximum absolute atomic E-state index is 5.61. The van der Waals surface area contributed by atoms with Gasteiger partial charge in [-0.25, -0.2) is 0 Å². The van der Waals surface area contributed by atoms with Crippen LogP contribution >= 0.6 is 0 Å². The molecule has 0 aliphatic heterocycles. The molecule has 1 heterocycles. The Bertz CT molecular complexity index is 281. The number of nitrogens with zero attached hydrogens (tertiary/aromatic N) is 3. The van der Waals surface area contributed by atoms with Crippen molar-refractivity contribution in [2.75, 3.05) is 18.4 Å². The van der Waals surface area contributed by atoms with Gasteiger partial charge in [-0.1, -0.05) is 6.92 Å². The van der Waals surface area contributed by atoms with E-state index in [2.05, 4.69) is 33.9 Å². The molecule has 14 heavy (non-hydrogen) atoms. The second-order valence-corrected chi connectivity index (χ2v) is 3.29. The van der Waals surface area contributed by atoms with Gasteiger partial charge < -0.3 is 11.1 Å². The lowest BCUT2D eigenvalue weighted by molar-refractivity contribution is 0.628. The van der Waals surface area contributed by atoms with Crippen molar-refractivity contribution in [1.29, 1.82) is 0 Å². The van der Waals surface area contributed by atoms with E-state index in [1.165, 1.54) is 0 Å². The Balaban J connectivity index is 2.94. The quantitative estimate of drug-likeness (QED) is 0.732. The molecule has 1 aromatic rings. The molecule has 0 aliphatic rings. The maximum Gasteiger partial charge on any atom is 0.224 e. The van der Waals surface area contributed by atoms with Crippen molar-refractivity contribution in [1.82, 2.24) is 14.8 Å². The van der Waals surface area contributed by atoms with Crippen molar-refractivity contribution >= 4 is 5.95 Å². The zero-order chi connectivity index (χ0) is 10.6. The van der Waals surface area contributed by atoms with E-state index < -0.39 is 0 Å². The molecule has 0 saturated carbocycles. The predicted molar refractivity (Wildman–Crippen MR) is 57.3 cm³/mol. The summed E-state index contributed by atoms with van der Waals surface area (Å²) in [6.45, 7) is 8.51. The number of aromatic nitrogens is 3. The van der Waals surface area contributed by atoms with Crippen LogP contribution in [0.5, 0.6) is 0 Å². The lowest BCUT2D eigenvalue weighted by Crippen LogP contribution is -2.15. The van der Waals surface area contributed by atoms with Gasteiger partial charge in [0.05, 0.1) is 0 Å². The maximum atomic E-state index is 5.61. The lowest BCUT2D eigenvalue weighted by atomic mass is 10.2. The lowest BCUT2D eigenvalue weighted by Gasteiger charge is -2.11. The molecule has 5 nitrogen and oxygen atoms in total. The summed E-state index contributed by atoms with van der Waals surface area (Å²) in [5, 5.41) is 11.4. The summed E-state index contributed by atoms with van der Waals surface area (Å²) < 4.78 is 2.07. The molecule has 1 atom stereocenters. The fraction of sp³-hybridized carbons (Fsp3) is 0.778. The highest BCUT2D eigenvalue weighted by Crippen LogP contribution is 2.15. The number of rotatable bonds is 5. The zero-order valence-corrected chi connectivity index (χ0v) is 9.12. The minimum atomic E-state index is 0.259. The van der Waals surface area contributed by atoms with Gasteiger partial charge in [0.2, 0.25) is 5.95 Å². The van der Waals surface area contributed by atoms with Crippen LogP contribution in [0.15, 0.2) is 0 Å². The standard InChI is InChI=1S/C9H19N5/c1-4-11-9-13-12-8(7(3)6-10)14(9)5-2/h7H,4-6,10H2,1-3H3,(H,11,13). The van der Waals surface area contributed by atoms with Gasteiger partial charge >= 0.3 is 0 Å². The number of hydrogen-bond donors (Lipinski definition) is 2. The van der Waals surface area contributed by atoms with Crippen LogP contribution in [0, 0.1) is 0 Å². The highest BCUT2D eigenvalue weighted by molar-refractivity contribution is 5.26. The molecule has 3 N–H and O–H groups in total. The molecule has 1 aromatic heterocycles. The molecule has 0 amide bonds. The van der Waals surface area contributed by atoms with Crippen molar-refractivity contribution in [2.24, 2.45) is 5.73 Å². The summed E-state index contributed by atoms with van der Waals surface area (Å²) in [6.07, 6.45) is 0. The van der Waals surface area contributed by atoms with E-state index in [4.69, 9.17) is 5.73 Å². The second-order valence-electron chi connectivity index (χ2n) is 3.29. The third-order valence-electron chi connectivity index (χ3n) is 2.22. The first kappa shape index (κ1) is 11.0. The Morgan fingerprint density at radius 1 is 1.43 bits per heavy atom. The van der Waals surface area contributed by atoms with Gasteiger partial charge in [0, 0.05) is 25.6 Å². The molecular weight excluding hydrogens is 178 g/mol. The first-order valence-corrected chi connectivity index (χ1v) is 5.11. The molecule has 1 unspecified atom stereocenters. The molecule has 5 heteroatoms. The highest BCUT2D eigenvalue weighted by atomic mass is 15.3. The SMILES string of the molecule is CCNc1nnc(C(C)CN)n1CC. The van der Waals surface area contributed by atoms with Crippen molar-refractivity contribution in [3.8, 4) is 0 Å². The highest BCUT2D eigenvalue weighted by Gasteiger charge is 2.14. The van der Waals surface area contributed by atoms with Crippen molar-refractivity contribution in [2.45, 2.75) is 33.2 Å². The van der Waals surface area contributed by atoms with Gasteiger partial charge in [-0.2, -0.15) is 0 Å². The third-order valence-corrected chi connectivity index (χ3v) is 2.22. The minimum Gasteiger partial charge on any atom is -0.355 e. The molecule has 0 saturated heterocycles. The van der Waals surface area contributed by atoms with Crippen LogP contribution in [0.25, 0.3) is 0 Å². The van der Waals surface area contributed by atoms with Gasteiger partial charge in [-0.3, -0.25) is 4.57 Å². The second kappa shape index (κ2) is 4.95. The monoisotopic (exact) mass is 197 g/mol. The molecular formula is C9H19N5. The van der Waals surface area contributed by atoms with E-state index in [0.29, 0.717) is 6.54 Å². The van der Waals surface area contributed by atoms with Gasteiger partial charge in [0.15, 0.2) is 0 Å². The molecule has 0 aliphatic carbocycles. The van der Waals surface area contributed by atoms with Crippen molar-refractivity contribution in [3.05, 3.63) is 5.82 Å². The molecule has 0 radical (unpaired) electrons.